The van der Waals surface area contributed by atoms with E-state index in [4.69, 9.17) is 9.73 Å². The van der Waals surface area contributed by atoms with Gasteiger partial charge in [0.1, 0.15) is 0 Å². The fraction of sp³-hybridized carbons (Fsp3) is 0.136. The van der Waals surface area contributed by atoms with Crippen LogP contribution in [0.3, 0.4) is 0 Å². The zero-order chi connectivity index (χ0) is 17.7. The standard InChI is InChI=1S/C22H17NO2S/c1-25-20-10-15(6-7-19(20)24)13-2-4-14(5-3-13)22-17-11-21-16(8-9-26-21)18(17)12-23-22/h2-10,24H,11-12H2,1H3. The molecule has 4 heteroatoms. The van der Waals surface area contributed by atoms with Crippen LogP contribution in [0.5, 0.6) is 11.5 Å². The van der Waals surface area contributed by atoms with Crippen molar-refractivity contribution in [3.05, 3.63) is 75.5 Å². The number of methoxy groups -OCH3 is 1. The van der Waals surface area contributed by atoms with Crippen molar-refractivity contribution in [2.45, 2.75) is 6.42 Å². The minimum Gasteiger partial charge on any atom is -0.504 e. The van der Waals surface area contributed by atoms with Crippen molar-refractivity contribution in [2.24, 2.45) is 4.99 Å². The van der Waals surface area contributed by atoms with Crippen molar-refractivity contribution in [1.29, 1.82) is 0 Å². The summed E-state index contributed by atoms with van der Waals surface area (Å²) in [6.07, 6.45) is 1.01. The average Bonchev–Trinajstić information content (AvgIpc) is 3.35. The number of hydrogen-bond donors (Lipinski definition) is 1. The molecule has 2 aromatic carbocycles. The van der Waals surface area contributed by atoms with Gasteiger partial charge in [-0.05, 0) is 51.4 Å². The Morgan fingerprint density at radius 3 is 2.54 bits per heavy atom. The molecule has 0 unspecified atom stereocenters. The Labute approximate surface area is 155 Å². The van der Waals surface area contributed by atoms with Crippen LogP contribution in [0.4, 0.5) is 0 Å². The summed E-state index contributed by atoms with van der Waals surface area (Å²) in [7, 11) is 1.56. The summed E-state index contributed by atoms with van der Waals surface area (Å²) in [6.45, 7) is 0.797. The zero-order valence-corrected chi connectivity index (χ0v) is 15.1. The number of aliphatic imine (C=N–C) groups is 1. The second-order valence-electron chi connectivity index (χ2n) is 6.52. The van der Waals surface area contributed by atoms with Gasteiger partial charge in [0.25, 0.3) is 0 Å². The monoisotopic (exact) mass is 359 g/mol. The number of phenols is 1. The Morgan fingerprint density at radius 2 is 1.73 bits per heavy atom. The molecule has 0 fully saturated rings. The molecule has 2 aliphatic rings. The van der Waals surface area contributed by atoms with Crippen LogP contribution in [0, 0.1) is 0 Å². The molecule has 3 aromatic rings. The lowest BCUT2D eigenvalue weighted by atomic mass is 9.97. The van der Waals surface area contributed by atoms with Gasteiger partial charge in [-0.15, -0.1) is 11.3 Å². The normalized spacial score (nSPS) is 15.0. The largest absolute Gasteiger partial charge is 0.504 e. The SMILES string of the molecule is COc1cc(-c2ccc(C3=NCC4=C3Cc3sccc34)cc2)ccc1O. The molecule has 1 aliphatic heterocycles. The van der Waals surface area contributed by atoms with E-state index in [1.54, 1.807) is 13.2 Å². The predicted octanol–water partition coefficient (Wildman–Crippen LogP) is 4.94. The van der Waals surface area contributed by atoms with Crippen molar-refractivity contribution in [1.82, 2.24) is 0 Å². The van der Waals surface area contributed by atoms with Crippen LogP contribution in [0.2, 0.25) is 0 Å². The molecule has 0 amide bonds. The molecule has 1 aliphatic carbocycles. The Balaban J connectivity index is 1.46. The molecule has 2 heterocycles. The van der Waals surface area contributed by atoms with E-state index < -0.39 is 0 Å². The third-order valence-corrected chi connectivity index (χ3v) is 6.05. The van der Waals surface area contributed by atoms with E-state index in [-0.39, 0.29) is 5.75 Å². The maximum atomic E-state index is 9.77. The van der Waals surface area contributed by atoms with Gasteiger partial charge in [0.05, 0.1) is 19.4 Å². The van der Waals surface area contributed by atoms with Gasteiger partial charge in [-0.3, -0.25) is 4.99 Å². The van der Waals surface area contributed by atoms with Crippen molar-refractivity contribution in [3.63, 3.8) is 0 Å². The summed E-state index contributed by atoms with van der Waals surface area (Å²) < 4.78 is 5.21. The van der Waals surface area contributed by atoms with E-state index in [1.165, 1.54) is 27.2 Å². The number of hydrogen-bond acceptors (Lipinski definition) is 4. The van der Waals surface area contributed by atoms with E-state index in [9.17, 15) is 5.11 Å². The number of nitrogens with zero attached hydrogens (tertiary/aromatic N) is 1. The maximum Gasteiger partial charge on any atom is 0.161 e. The van der Waals surface area contributed by atoms with E-state index in [2.05, 4.69) is 35.7 Å². The number of phenolic OH excluding ortho intramolecular Hbond substituents is 1. The van der Waals surface area contributed by atoms with Gasteiger partial charge in [0, 0.05) is 16.9 Å². The zero-order valence-electron chi connectivity index (χ0n) is 14.3. The molecule has 0 spiro atoms. The fourth-order valence-electron chi connectivity index (χ4n) is 3.78. The second-order valence-corrected chi connectivity index (χ2v) is 7.52. The highest BCUT2D eigenvalue weighted by atomic mass is 32.1. The van der Waals surface area contributed by atoms with Crippen LogP contribution >= 0.6 is 11.3 Å². The van der Waals surface area contributed by atoms with Crippen molar-refractivity contribution >= 4 is 22.6 Å². The Hall–Kier alpha value is -2.85. The van der Waals surface area contributed by atoms with Crippen LogP contribution < -0.4 is 4.74 Å². The maximum absolute atomic E-state index is 9.77. The molecule has 0 radical (unpaired) electrons. The Bertz CT molecular complexity index is 1070. The van der Waals surface area contributed by atoms with Gasteiger partial charge in [-0.2, -0.15) is 0 Å². The van der Waals surface area contributed by atoms with Crippen LogP contribution in [-0.2, 0) is 6.42 Å². The summed E-state index contributed by atoms with van der Waals surface area (Å²) in [5.41, 5.74) is 8.61. The highest BCUT2D eigenvalue weighted by Gasteiger charge is 2.29. The van der Waals surface area contributed by atoms with Crippen LogP contribution in [0.25, 0.3) is 16.7 Å². The molecule has 128 valence electrons. The molecule has 0 bridgehead atoms. The first-order valence-electron chi connectivity index (χ1n) is 8.56. The highest BCUT2D eigenvalue weighted by Crippen LogP contribution is 2.41. The summed E-state index contributed by atoms with van der Waals surface area (Å²) in [5, 5.41) is 11.9. The van der Waals surface area contributed by atoms with Crippen LogP contribution in [0.15, 0.2) is 64.5 Å². The molecule has 1 N–H and O–H groups in total. The molecule has 5 rings (SSSR count). The topological polar surface area (TPSA) is 41.8 Å². The molecule has 26 heavy (non-hydrogen) atoms. The third-order valence-electron chi connectivity index (χ3n) is 5.12. The number of thiophene rings is 1. The summed E-state index contributed by atoms with van der Waals surface area (Å²) in [5.74, 6) is 0.639. The first kappa shape index (κ1) is 15.4. The number of benzene rings is 2. The summed E-state index contributed by atoms with van der Waals surface area (Å²) in [4.78, 5) is 6.27. The lowest BCUT2D eigenvalue weighted by molar-refractivity contribution is 0.373. The third kappa shape index (κ3) is 2.30. The molecular formula is C22H17NO2S. The minimum absolute atomic E-state index is 0.154. The Morgan fingerprint density at radius 1 is 0.962 bits per heavy atom. The van der Waals surface area contributed by atoms with E-state index in [1.807, 2.05) is 23.5 Å². The van der Waals surface area contributed by atoms with Gasteiger partial charge in [0.15, 0.2) is 11.5 Å². The first-order chi connectivity index (χ1) is 12.7. The number of rotatable bonds is 3. The molecular weight excluding hydrogens is 342 g/mol. The Kier molecular flexibility index (Phi) is 3.47. The number of ether oxygens (including phenoxy) is 1. The average molecular weight is 359 g/mol. The number of aromatic hydroxyl groups is 1. The van der Waals surface area contributed by atoms with Crippen LogP contribution in [0.1, 0.15) is 16.0 Å². The predicted molar refractivity (Wildman–Crippen MR) is 106 cm³/mol. The van der Waals surface area contributed by atoms with E-state index >= 15 is 0 Å². The van der Waals surface area contributed by atoms with E-state index in [0.29, 0.717) is 5.75 Å². The van der Waals surface area contributed by atoms with Gasteiger partial charge in [0.2, 0.25) is 0 Å². The van der Waals surface area contributed by atoms with Gasteiger partial charge >= 0.3 is 0 Å². The second kappa shape index (κ2) is 5.85. The smallest absolute Gasteiger partial charge is 0.161 e. The lowest BCUT2D eigenvalue weighted by Crippen LogP contribution is -2.03. The summed E-state index contributed by atoms with van der Waals surface area (Å²) in [6, 6.07) is 16.1. The van der Waals surface area contributed by atoms with Crippen LogP contribution in [-0.4, -0.2) is 24.5 Å². The molecule has 0 saturated heterocycles. The number of allylic oxidation sites excluding steroid dienone is 1. The van der Waals surface area contributed by atoms with Crippen molar-refractivity contribution in [2.75, 3.05) is 13.7 Å². The van der Waals surface area contributed by atoms with Crippen molar-refractivity contribution in [3.8, 4) is 22.6 Å². The highest BCUT2D eigenvalue weighted by molar-refractivity contribution is 7.10. The minimum atomic E-state index is 0.154. The lowest BCUT2D eigenvalue weighted by Gasteiger charge is -2.09. The summed E-state index contributed by atoms with van der Waals surface area (Å²) >= 11 is 1.84. The number of fused-ring (bicyclic) bond motifs is 2. The quantitative estimate of drug-likeness (QED) is 0.719. The molecule has 0 atom stereocenters. The molecule has 1 aromatic heterocycles. The van der Waals surface area contributed by atoms with Crippen molar-refractivity contribution < 1.29 is 9.84 Å². The van der Waals surface area contributed by atoms with Gasteiger partial charge < -0.3 is 9.84 Å². The fourth-order valence-corrected chi connectivity index (χ4v) is 4.69. The molecule has 0 saturated carbocycles. The van der Waals surface area contributed by atoms with Gasteiger partial charge in [-0.1, -0.05) is 30.3 Å². The molecule has 3 nitrogen and oxygen atoms in total. The van der Waals surface area contributed by atoms with Gasteiger partial charge in [-0.25, -0.2) is 0 Å². The first-order valence-corrected chi connectivity index (χ1v) is 9.44. The van der Waals surface area contributed by atoms with E-state index in [0.717, 1.165) is 29.8 Å².